The topological polar surface area (TPSA) is 52.6 Å². The quantitative estimate of drug-likeness (QED) is 0.339. The Morgan fingerprint density at radius 1 is 1.27 bits per heavy atom. The summed E-state index contributed by atoms with van der Waals surface area (Å²) < 4.78 is 0. The zero-order valence-corrected chi connectivity index (χ0v) is 19.2. The van der Waals surface area contributed by atoms with E-state index in [9.17, 15) is 0 Å². The average molecular weight is 487 g/mol. The normalized spacial score (nSPS) is 12.6. The van der Waals surface area contributed by atoms with Crippen LogP contribution in [-0.4, -0.2) is 42.5 Å². The van der Waals surface area contributed by atoms with Gasteiger partial charge in [-0.2, -0.15) is 0 Å². The largest absolute Gasteiger partial charge is 0.356 e. The van der Waals surface area contributed by atoms with E-state index in [1.165, 1.54) is 10.4 Å². The highest BCUT2D eigenvalue weighted by Crippen LogP contribution is 2.10. The van der Waals surface area contributed by atoms with Crippen molar-refractivity contribution in [3.05, 3.63) is 52.0 Å². The predicted molar refractivity (Wildman–Crippen MR) is 122 cm³/mol. The Bertz CT molecular complexity index is 659. The molecule has 0 fully saturated rings. The highest BCUT2D eigenvalue weighted by molar-refractivity contribution is 14.0. The molecule has 0 saturated heterocycles. The number of nitrogens with one attached hydrogen (secondary N) is 2. The lowest BCUT2D eigenvalue weighted by atomic mass is 10.1. The Morgan fingerprint density at radius 2 is 2.00 bits per heavy atom. The minimum absolute atomic E-state index is 0. The molecule has 0 aliphatic carbocycles. The van der Waals surface area contributed by atoms with Gasteiger partial charge in [-0.25, -0.2) is 4.98 Å². The molecule has 0 saturated carbocycles. The van der Waals surface area contributed by atoms with Crippen LogP contribution in [0.4, 0.5) is 0 Å². The van der Waals surface area contributed by atoms with Gasteiger partial charge >= 0.3 is 0 Å². The maximum Gasteiger partial charge on any atom is 0.191 e. The zero-order chi connectivity index (χ0) is 18.1. The van der Waals surface area contributed by atoms with Gasteiger partial charge in [-0.3, -0.25) is 9.89 Å². The average Bonchev–Trinajstić information content (AvgIpc) is 3.04. The molecule has 1 heterocycles. The fraction of sp³-hybridized carbons (Fsp3) is 0.474. The Hall–Kier alpha value is -1.19. The number of hydrogen-bond donors (Lipinski definition) is 2. The lowest BCUT2D eigenvalue weighted by Gasteiger charge is -2.25. The monoisotopic (exact) mass is 487 g/mol. The molecule has 0 amide bonds. The van der Waals surface area contributed by atoms with Crippen LogP contribution in [0.3, 0.4) is 0 Å². The van der Waals surface area contributed by atoms with Gasteiger partial charge in [-0.15, -0.1) is 35.3 Å². The zero-order valence-electron chi connectivity index (χ0n) is 16.0. The minimum Gasteiger partial charge on any atom is -0.356 e. The molecule has 0 aliphatic rings. The van der Waals surface area contributed by atoms with Crippen molar-refractivity contribution in [1.82, 2.24) is 20.5 Å². The molecule has 1 aromatic heterocycles. The van der Waals surface area contributed by atoms with Crippen molar-refractivity contribution >= 4 is 41.3 Å². The molecule has 2 rings (SSSR count). The van der Waals surface area contributed by atoms with E-state index in [2.05, 4.69) is 69.8 Å². The van der Waals surface area contributed by atoms with E-state index < -0.39 is 0 Å². The predicted octanol–water partition coefficient (Wildman–Crippen LogP) is 3.65. The summed E-state index contributed by atoms with van der Waals surface area (Å²) in [6.45, 7) is 6.91. The highest BCUT2D eigenvalue weighted by atomic mass is 127. The van der Waals surface area contributed by atoms with Gasteiger partial charge in [0.05, 0.1) is 11.6 Å². The number of halogens is 1. The standard InChI is InChI=1S/C19H29N5S.HI/c1-15(24(4)14-17-8-6-5-7-9-17)10-11-21-19(20-3)23-13-18-12-22-16(2)25-18;/h5-9,12,15H,10-11,13-14H2,1-4H3,(H2,20,21,23);1H. The number of aromatic nitrogens is 1. The SMILES string of the molecule is CN=C(NCCC(C)N(C)Cc1ccccc1)NCc1cnc(C)s1.I. The van der Waals surface area contributed by atoms with Gasteiger partial charge in [0.15, 0.2) is 5.96 Å². The van der Waals surface area contributed by atoms with Crippen LogP contribution < -0.4 is 10.6 Å². The second kappa shape index (κ2) is 12.2. The van der Waals surface area contributed by atoms with Gasteiger partial charge in [0.1, 0.15) is 0 Å². The molecule has 26 heavy (non-hydrogen) atoms. The van der Waals surface area contributed by atoms with Gasteiger partial charge in [0.2, 0.25) is 0 Å². The number of hydrogen-bond acceptors (Lipinski definition) is 4. The molecule has 2 N–H and O–H groups in total. The van der Waals surface area contributed by atoms with Gasteiger partial charge in [-0.05, 0) is 32.9 Å². The maximum absolute atomic E-state index is 4.28. The van der Waals surface area contributed by atoms with E-state index in [1.54, 1.807) is 18.4 Å². The number of nitrogens with zero attached hydrogens (tertiary/aromatic N) is 3. The van der Waals surface area contributed by atoms with Crippen LogP contribution in [0.1, 0.15) is 28.8 Å². The van der Waals surface area contributed by atoms with Crippen LogP contribution in [0.5, 0.6) is 0 Å². The molecule has 1 atom stereocenters. The van der Waals surface area contributed by atoms with Gasteiger partial charge < -0.3 is 10.6 Å². The molecule has 0 radical (unpaired) electrons. The molecule has 144 valence electrons. The Morgan fingerprint density at radius 3 is 2.62 bits per heavy atom. The van der Waals surface area contributed by atoms with E-state index in [4.69, 9.17) is 0 Å². The molecule has 1 unspecified atom stereocenters. The Balaban J connectivity index is 0.00000338. The summed E-state index contributed by atoms with van der Waals surface area (Å²) in [7, 11) is 3.98. The molecule has 0 bridgehead atoms. The lowest BCUT2D eigenvalue weighted by Crippen LogP contribution is -2.39. The molecule has 2 aromatic rings. The Kier molecular flexibility index (Phi) is 10.8. The second-order valence-corrected chi connectivity index (χ2v) is 7.56. The van der Waals surface area contributed by atoms with Crippen molar-refractivity contribution in [2.75, 3.05) is 20.6 Å². The van der Waals surface area contributed by atoms with E-state index in [0.29, 0.717) is 6.04 Å². The lowest BCUT2D eigenvalue weighted by molar-refractivity contribution is 0.238. The Labute approximate surface area is 178 Å². The summed E-state index contributed by atoms with van der Waals surface area (Å²) in [4.78, 5) is 12.2. The summed E-state index contributed by atoms with van der Waals surface area (Å²) in [6.07, 6.45) is 2.98. The van der Waals surface area contributed by atoms with Crippen LogP contribution in [0.15, 0.2) is 41.5 Å². The molecular formula is C19H30IN5S. The van der Waals surface area contributed by atoms with Crippen molar-refractivity contribution in [2.24, 2.45) is 4.99 Å². The van der Waals surface area contributed by atoms with Crippen molar-refractivity contribution in [3.8, 4) is 0 Å². The third kappa shape index (κ3) is 8.01. The van der Waals surface area contributed by atoms with Crippen molar-refractivity contribution < 1.29 is 0 Å². The first kappa shape index (κ1) is 22.9. The molecule has 1 aromatic carbocycles. The third-order valence-electron chi connectivity index (χ3n) is 4.20. The summed E-state index contributed by atoms with van der Waals surface area (Å²) in [5.41, 5.74) is 1.35. The van der Waals surface area contributed by atoms with Gasteiger partial charge in [0.25, 0.3) is 0 Å². The fourth-order valence-electron chi connectivity index (χ4n) is 2.53. The summed E-state index contributed by atoms with van der Waals surface area (Å²) >= 11 is 1.71. The molecule has 5 nitrogen and oxygen atoms in total. The third-order valence-corrected chi connectivity index (χ3v) is 5.12. The smallest absolute Gasteiger partial charge is 0.191 e. The van der Waals surface area contributed by atoms with Crippen molar-refractivity contribution in [3.63, 3.8) is 0 Å². The molecule has 7 heteroatoms. The van der Waals surface area contributed by atoms with Crippen LogP contribution >= 0.6 is 35.3 Å². The number of benzene rings is 1. The maximum atomic E-state index is 4.28. The first-order valence-corrected chi connectivity index (χ1v) is 9.50. The first-order valence-electron chi connectivity index (χ1n) is 8.68. The van der Waals surface area contributed by atoms with E-state index >= 15 is 0 Å². The number of aliphatic imine (C=N–C) groups is 1. The van der Waals surface area contributed by atoms with E-state index in [0.717, 1.165) is 37.0 Å². The van der Waals surface area contributed by atoms with Gasteiger partial charge in [-0.1, -0.05) is 30.3 Å². The minimum atomic E-state index is 0. The van der Waals surface area contributed by atoms with Crippen LogP contribution in [-0.2, 0) is 13.1 Å². The van der Waals surface area contributed by atoms with E-state index in [1.807, 2.05) is 13.1 Å². The fourth-order valence-corrected chi connectivity index (χ4v) is 3.26. The number of thiazole rings is 1. The number of guanidine groups is 1. The van der Waals surface area contributed by atoms with Gasteiger partial charge in [0, 0.05) is 37.3 Å². The summed E-state index contributed by atoms with van der Waals surface area (Å²) in [6, 6.07) is 11.1. The van der Waals surface area contributed by atoms with Crippen LogP contribution in [0.25, 0.3) is 0 Å². The summed E-state index contributed by atoms with van der Waals surface area (Å²) in [5.74, 6) is 0.837. The highest BCUT2D eigenvalue weighted by Gasteiger charge is 2.10. The molecule has 0 aliphatic heterocycles. The number of rotatable bonds is 8. The second-order valence-electron chi connectivity index (χ2n) is 6.24. The number of aryl methyl sites for hydroxylation is 1. The van der Waals surface area contributed by atoms with E-state index in [-0.39, 0.29) is 24.0 Å². The molecular weight excluding hydrogens is 457 g/mol. The molecule has 0 spiro atoms. The van der Waals surface area contributed by atoms with Crippen molar-refractivity contribution in [2.45, 2.75) is 39.4 Å². The van der Waals surface area contributed by atoms with Crippen molar-refractivity contribution in [1.29, 1.82) is 0 Å². The first-order chi connectivity index (χ1) is 12.1. The van der Waals surface area contributed by atoms with Crippen LogP contribution in [0.2, 0.25) is 0 Å². The van der Waals surface area contributed by atoms with Crippen LogP contribution in [0, 0.1) is 6.92 Å². The summed E-state index contributed by atoms with van der Waals surface area (Å²) in [5, 5.41) is 7.82.